The third-order valence-electron chi connectivity index (χ3n) is 5.66. The molecule has 0 bridgehead atoms. The molecule has 0 aliphatic carbocycles. The van der Waals surface area contributed by atoms with E-state index >= 15 is 0 Å². The van der Waals surface area contributed by atoms with Gasteiger partial charge in [-0.05, 0) is 42.3 Å². The second-order valence-corrected chi connectivity index (χ2v) is 8.73. The number of nitrogen functional groups attached to an aromatic ring is 1. The highest BCUT2D eigenvalue weighted by Crippen LogP contribution is 2.24. The van der Waals surface area contributed by atoms with Gasteiger partial charge < -0.3 is 11.1 Å². The number of nitrogens with two attached hydrogens (primary N) is 1. The van der Waals surface area contributed by atoms with Crippen LogP contribution in [-0.4, -0.2) is 31.0 Å². The minimum Gasteiger partial charge on any atom is -0.382 e. The quantitative estimate of drug-likeness (QED) is 0.240. The Morgan fingerprint density at radius 3 is 2.45 bits per heavy atom. The van der Waals surface area contributed by atoms with Crippen LogP contribution in [0.3, 0.4) is 0 Å². The largest absolute Gasteiger partial charge is 0.382 e. The Hall–Kier alpha value is -5.02. The van der Waals surface area contributed by atoms with Crippen LogP contribution in [0, 0.1) is 35.1 Å². The predicted molar refractivity (Wildman–Crippen MR) is 141 cm³/mol. The van der Waals surface area contributed by atoms with Crippen LogP contribution in [-0.2, 0) is 6.42 Å². The van der Waals surface area contributed by atoms with Crippen LogP contribution in [0.15, 0.2) is 59.8 Å². The van der Waals surface area contributed by atoms with Crippen molar-refractivity contribution in [2.75, 3.05) is 17.6 Å². The van der Waals surface area contributed by atoms with Crippen LogP contribution in [0.1, 0.15) is 17.1 Å². The first kappa shape index (κ1) is 26.6. The average molecular weight is 566 g/mol. The molecule has 0 aliphatic rings. The summed E-state index contributed by atoms with van der Waals surface area (Å²) in [4.78, 5) is 29.7. The van der Waals surface area contributed by atoms with Crippen molar-refractivity contribution < 1.29 is 17.6 Å². The maximum atomic E-state index is 14.6. The Kier molecular flexibility index (Phi) is 7.31. The zero-order chi connectivity index (χ0) is 28.4. The van der Waals surface area contributed by atoms with Crippen molar-refractivity contribution in [3.63, 3.8) is 0 Å². The zero-order valence-corrected chi connectivity index (χ0v) is 21.0. The lowest BCUT2D eigenvalue weighted by Crippen LogP contribution is -2.26. The molecule has 0 fully saturated rings. The molecule has 0 spiro atoms. The van der Waals surface area contributed by atoms with Crippen molar-refractivity contribution >= 4 is 34.1 Å². The van der Waals surface area contributed by atoms with E-state index in [-0.39, 0.29) is 63.3 Å². The molecule has 0 saturated heterocycles. The summed E-state index contributed by atoms with van der Waals surface area (Å²) in [5.74, 6) is 2.66. The summed E-state index contributed by atoms with van der Waals surface area (Å²) in [6.45, 7) is 0.0534. The molecule has 3 N–H and O–H groups in total. The van der Waals surface area contributed by atoms with Gasteiger partial charge in [0.2, 0.25) is 0 Å². The molecule has 0 atom stereocenters. The average Bonchev–Trinajstić information content (AvgIpc) is 2.90. The van der Waals surface area contributed by atoms with Gasteiger partial charge in [-0.25, -0.2) is 37.5 Å². The number of pyridine rings is 1. The molecule has 3 heterocycles. The molecule has 0 radical (unpaired) electrons. The van der Waals surface area contributed by atoms with Gasteiger partial charge in [-0.2, -0.15) is 0 Å². The first-order chi connectivity index (χ1) is 19.2. The first-order valence-corrected chi connectivity index (χ1v) is 11.9. The number of hydrogen-bond donors (Lipinski definition) is 2. The smallest absolute Gasteiger partial charge is 0.267 e. The number of rotatable bonds is 5. The minimum absolute atomic E-state index is 0.0126. The van der Waals surface area contributed by atoms with Gasteiger partial charge in [0.25, 0.3) is 5.56 Å². The fourth-order valence-corrected chi connectivity index (χ4v) is 4.12. The van der Waals surface area contributed by atoms with Gasteiger partial charge in [-0.1, -0.05) is 17.5 Å². The predicted octanol–water partition coefficient (Wildman–Crippen LogP) is 4.42. The molecule has 5 rings (SSSR count). The number of hydrogen-bond acceptors (Lipinski definition) is 7. The summed E-state index contributed by atoms with van der Waals surface area (Å²) in [7, 11) is 0. The fourth-order valence-electron chi connectivity index (χ4n) is 3.89. The Morgan fingerprint density at radius 1 is 0.950 bits per heavy atom. The van der Waals surface area contributed by atoms with Gasteiger partial charge in [0.1, 0.15) is 63.8 Å². The van der Waals surface area contributed by atoms with Crippen LogP contribution in [0.2, 0.25) is 5.02 Å². The molecule has 8 nitrogen and oxygen atoms in total. The lowest BCUT2D eigenvalue weighted by atomic mass is 10.2. The number of anilines is 2. The normalized spacial score (nSPS) is 10.8. The first-order valence-electron chi connectivity index (χ1n) is 11.6. The standard InChI is InChI=1S/C27H16ClF4N7O/c28-20-5-6-21(32)24-23(20)27(40)39(18-10-15(30)9-16(31)11-18)22(38-24)7-8-34-26-19(25(33)36-13-37-26)4-3-17-2-1-14(29)12-35-17/h1-2,5-6,9-13H,7-8H2,(H3,33,34,36,37). The van der Waals surface area contributed by atoms with Crippen molar-refractivity contribution in [1.29, 1.82) is 0 Å². The highest BCUT2D eigenvalue weighted by atomic mass is 35.5. The van der Waals surface area contributed by atoms with E-state index < -0.39 is 28.8 Å². The molecule has 0 aliphatic heterocycles. The van der Waals surface area contributed by atoms with Gasteiger partial charge >= 0.3 is 0 Å². The topological polar surface area (TPSA) is 112 Å². The van der Waals surface area contributed by atoms with Crippen molar-refractivity contribution in [2.24, 2.45) is 0 Å². The summed E-state index contributed by atoms with van der Waals surface area (Å²) >= 11 is 6.16. The van der Waals surface area contributed by atoms with Gasteiger partial charge in [-0.3, -0.25) is 9.36 Å². The van der Waals surface area contributed by atoms with E-state index in [0.717, 1.165) is 29.0 Å². The summed E-state index contributed by atoms with van der Waals surface area (Å²) in [5.41, 5.74) is 5.23. The summed E-state index contributed by atoms with van der Waals surface area (Å²) in [5, 5.41) is 2.70. The van der Waals surface area contributed by atoms with Gasteiger partial charge in [0, 0.05) is 19.0 Å². The van der Waals surface area contributed by atoms with E-state index in [1.165, 1.54) is 24.5 Å². The molecule has 3 aromatic heterocycles. The second kappa shape index (κ2) is 11.0. The molecular weight excluding hydrogens is 550 g/mol. The Bertz CT molecular complexity index is 1870. The van der Waals surface area contributed by atoms with Crippen molar-refractivity contribution in [3.05, 3.63) is 111 Å². The number of aromatic nitrogens is 5. The van der Waals surface area contributed by atoms with Crippen LogP contribution in [0.5, 0.6) is 0 Å². The van der Waals surface area contributed by atoms with E-state index in [1.54, 1.807) is 0 Å². The number of nitrogens with one attached hydrogen (secondary N) is 1. The SMILES string of the molecule is Nc1ncnc(NCCc2nc3c(F)ccc(Cl)c3c(=O)n2-c2cc(F)cc(F)c2)c1C#Cc1ccc(F)cn1. The summed E-state index contributed by atoms with van der Waals surface area (Å²) in [6.07, 6.45) is 2.19. The molecule has 200 valence electrons. The van der Waals surface area contributed by atoms with Crippen LogP contribution >= 0.6 is 11.6 Å². The number of halogens is 5. The van der Waals surface area contributed by atoms with Gasteiger partial charge in [0.15, 0.2) is 0 Å². The molecule has 2 aromatic carbocycles. The maximum Gasteiger partial charge on any atom is 0.267 e. The third-order valence-corrected chi connectivity index (χ3v) is 5.97. The molecule has 0 saturated carbocycles. The van der Waals surface area contributed by atoms with E-state index in [2.05, 4.69) is 37.1 Å². The van der Waals surface area contributed by atoms with E-state index in [0.29, 0.717) is 6.07 Å². The van der Waals surface area contributed by atoms with Crippen LogP contribution in [0.25, 0.3) is 16.6 Å². The molecule has 0 unspecified atom stereocenters. The Morgan fingerprint density at radius 2 is 1.73 bits per heavy atom. The fraction of sp³-hybridized carbons (Fsp3) is 0.0741. The van der Waals surface area contributed by atoms with Gasteiger partial charge in [0.05, 0.1) is 22.3 Å². The van der Waals surface area contributed by atoms with E-state index in [1.807, 2.05) is 0 Å². The van der Waals surface area contributed by atoms with Crippen molar-refractivity contribution in [1.82, 2.24) is 24.5 Å². The minimum atomic E-state index is -0.924. The third kappa shape index (κ3) is 5.41. The van der Waals surface area contributed by atoms with Crippen molar-refractivity contribution in [2.45, 2.75) is 6.42 Å². The summed E-state index contributed by atoms with van der Waals surface area (Å²) < 4.78 is 56.9. The Balaban J connectivity index is 1.52. The molecule has 13 heteroatoms. The monoisotopic (exact) mass is 565 g/mol. The molecule has 40 heavy (non-hydrogen) atoms. The number of fused-ring (bicyclic) bond motifs is 1. The van der Waals surface area contributed by atoms with E-state index in [9.17, 15) is 22.4 Å². The highest BCUT2D eigenvalue weighted by Gasteiger charge is 2.19. The van der Waals surface area contributed by atoms with Crippen LogP contribution in [0.4, 0.5) is 29.2 Å². The molecule has 0 amide bonds. The second-order valence-electron chi connectivity index (χ2n) is 8.32. The molecule has 5 aromatic rings. The summed E-state index contributed by atoms with van der Waals surface area (Å²) in [6, 6.07) is 7.41. The lowest BCUT2D eigenvalue weighted by molar-refractivity contribution is 0.580. The lowest BCUT2D eigenvalue weighted by Gasteiger charge is -2.15. The Labute approximate surface area is 228 Å². The maximum absolute atomic E-state index is 14.6. The van der Waals surface area contributed by atoms with E-state index in [4.69, 9.17) is 17.3 Å². The molecular formula is C27H16ClF4N7O. The van der Waals surface area contributed by atoms with Gasteiger partial charge in [-0.15, -0.1) is 0 Å². The zero-order valence-electron chi connectivity index (χ0n) is 20.2. The van der Waals surface area contributed by atoms with Crippen LogP contribution < -0.4 is 16.6 Å². The highest BCUT2D eigenvalue weighted by molar-refractivity contribution is 6.35. The number of nitrogens with zero attached hydrogens (tertiary/aromatic N) is 5. The van der Waals surface area contributed by atoms with Crippen molar-refractivity contribution in [3.8, 4) is 17.5 Å². The number of benzene rings is 2.